The molecule has 1 rings (SSSR count). The summed E-state index contributed by atoms with van der Waals surface area (Å²) in [6, 6.07) is 2.67. The van der Waals surface area contributed by atoms with Crippen molar-refractivity contribution >= 4 is 22.0 Å². The third kappa shape index (κ3) is 4.54. The molecular formula is C14H19NO6S. The average molecular weight is 329 g/mol. The molecule has 0 spiro atoms. The van der Waals surface area contributed by atoms with Gasteiger partial charge in [-0.3, -0.25) is 4.79 Å². The van der Waals surface area contributed by atoms with Crippen LogP contribution in [0.25, 0.3) is 0 Å². The van der Waals surface area contributed by atoms with Crippen LogP contribution in [-0.4, -0.2) is 37.6 Å². The Morgan fingerprint density at radius 1 is 1.23 bits per heavy atom. The number of sulfonamides is 1. The van der Waals surface area contributed by atoms with Crippen LogP contribution in [0.5, 0.6) is 0 Å². The SMILES string of the molecule is Cc1ccc(S(=O)(=O)N[C@@H](C)C(=O)O)cc1C(=O)OC(C)C. The topological polar surface area (TPSA) is 110 Å². The van der Waals surface area contributed by atoms with E-state index >= 15 is 0 Å². The molecule has 22 heavy (non-hydrogen) atoms. The quantitative estimate of drug-likeness (QED) is 0.762. The summed E-state index contributed by atoms with van der Waals surface area (Å²) >= 11 is 0. The Labute approximate surface area is 129 Å². The van der Waals surface area contributed by atoms with E-state index in [1.54, 1.807) is 20.8 Å². The lowest BCUT2D eigenvalue weighted by Crippen LogP contribution is -2.38. The number of carboxylic acids is 1. The number of aryl methyl sites for hydroxylation is 1. The Morgan fingerprint density at radius 2 is 1.82 bits per heavy atom. The molecule has 2 N–H and O–H groups in total. The van der Waals surface area contributed by atoms with Gasteiger partial charge in [-0.05, 0) is 45.4 Å². The highest BCUT2D eigenvalue weighted by Gasteiger charge is 2.23. The van der Waals surface area contributed by atoms with Gasteiger partial charge in [0.05, 0.1) is 16.6 Å². The first-order valence-corrected chi connectivity index (χ1v) is 8.09. The van der Waals surface area contributed by atoms with Gasteiger partial charge in [0.25, 0.3) is 0 Å². The number of ether oxygens (including phenoxy) is 1. The molecule has 0 amide bonds. The number of rotatable bonds is 6. The van der Waals surface area contributed by atoms with E-state index in [4.69, 9.17) is 9.84 Å². The zero-order valence-electron chi connectivity index (χ0n) is 12.8. The fourth-order valence-electron chi connectivity index (χ4n) is 1.62. The molecule has 1 atom stereocenters. The molecule has 0 radical (unpaired) electrons. The maximum Gasteiger partial charge on any atom is 0.338 e. The predicted octanol–water partition coefficient (Wildman–Crippen LogP) is 1.31. The van der Waals surface area contributed by atoms with Gasteiger partial charge >= 0.3 is 11.9 Å². The second-order valence-electron chi connectivity index (χ2n) is 5.11. The van der Waals surface area contributed by atoms with Crippen LogP contribution in [-0.2, 0) is 19.6 Å². The number of carbonyl (C=O) groups is 2. The molecule has 0 heterocycles. The van der Waals surface area contributed by atoms with E-state index in [1.165, 1.54) is 25.1 Å². The second kappa shape index (κ2) is 6.89. The van der Waals surface area contributed by atoms with Gasteiger partial charge in [0.15, 0.2) is 0 Å². The van der Waals surface area contributed by atoms with Crippen LogP contribution < -0.4 is 4.72 Å². The molecule has 0 saturated heterocycles. The monoisotopic (exact) mass is 329 g/mol. The van der Waals surface area contributed by atoms with Gasteiger partial charge in [0, 0.05) is 0 Å². The highest BCUT2D eigenvalue weighted by Crippen LogP contribution is 2.17. The standard InChI is InChI=1S/C14H19NO6S/c1-8(2)21-14(18)12-7-11(6-5-9(12)3)22(19,20)15-10(4)13(16)17/h5-8,10,15H,1-4H3,(H,16,17)/t10-/m0/s1. The molecule has 7 nitrogen and oxygen atoms in total. The first kappa shape index (κ1) is 18.1. The van der Waals surface area contributed by atoms with Gasteiger partial charge in [-0.1, -0.05) is 6.07 Å². The van der Waals surface area contributed by atoms with Gasteiger partial charge in [0.1, 0.15) is 6.04 Å². The van der Waals surface area contributed by atoms with Crippen LogP contribution in [0, 0.1) is 6.92 Å². The Morgan fingerprint density at radius 3 is 2.32 bits per heavy atom. The third-order valence-corrected chi connectivity index (χ3v) is 4.32. The first-order chi connectivity index (χ1) is 10.0. The molecule has 0 saturated carbocycles. The molecule has 0 bridgehead atoms. The summed E-state index contributed by atoms with van der Waals surface area (Å²) < 4.78 is 31.3. The van der Waals surface area contributed by atoms with Gasteiger partial charge in [-0.25, -0.2) is 13.2 Å². The Balaban J connectivity index is 3.17. The van der Waals surface area contributed by atoms with Gasteiger partial charge < -0.3 is 9.84 Å². The van der Waals surface area contributed by atoms with Crippen molar-refractivity contribution in [3.05, 3.63) is 29.3 Å². The van der Waals surface area contributed by atoms with E-state index in [1.807, 2.05) is 4.72 Å². The molecule has 8 heteroatoms. The molecule has 0 aliphatic heterocycles. The number of benzene rings is 1. The maximum absolute atomic E-state index is 12.1. The number of hydrogen-bond donors (Lipinski definition) is 2. The fraction of sp³-hybridized carbons (Fsp3) is 0.429. The number of carboxylic acid groups (broad SMARTS) is 1. The Hall–Kier alpha value is -1.93. The van der Waals surface area contributed by atoms with Crippen molar-refractivity contribution < 1.29 is 27.9 Å². The van der Waals surface area contributed by atoms with E-state index < -0.39 is 28.0 Å². The normalized spacial score (nSPS) is 13.0. The zero-order valence-corrected chi connectivity index (χ0v) is 13.6. The summed E-state index contributed by atoms with van der Waals surface area (Å²) in [5.74, 6) is -1.93. The summed E-state index contributed by atoms with van der Waals surface area (Å²) in [7, 11) is -4.04. The summed E-state index contributed by atoms with van der Waals surface area (Å²) in [6.07, 6.45) is -0.336. The van der Waals surface area contributed by atoms with Crippen molar-refractivity contribution in [2.75, 3.05) is 0 Å². The van der Waals surface area contributed by atoms with Crippen molar-refractivity contribution in [3.63, 3.8) is 0 Å². The molecule has 0 unspecified atom stereocenters. The predicted molar refractivity (Wildman–Crippen MR) is 79.1 cm³/mol. The van der Waals surface area contributed by atoms with Gasteiger partial charge in [-0.2, -0.15) is 4.72 Å². The third-order valence-electron chi connectivity index (χ3n) is 2.78. The summed E-state index contributed by atoms with van der Waals surface area (Å²) in [6.45, 7) is 6.23. The van der Waals surface area contributed by atoms with E-state index in [0.717, 1.165) is 0 Å². The van der Waals surface area contributed by atoms with Crippen LogP contribution in [0.3, 0.4) is 0 Å². The lowest BCUT2D eigenvalue weighted by Gasteiger charge is -2.13. The van der Waals surface area contributed by atoms with Crippen LogP contribution in [0.1, 0.15) is 36.7 Å². The van der Waals surface area contributed by atoms with Crippen molar-refractivity contribution in [2.24, 2.45) is 0 Å². The fourth-order valence-corrected chi connectivity index (χ4v) is 2.84. The van der Waals surface area contributed by atoms with Gasteiger partial charge in [0.2, 0.25) is 10.0 Å². The molecule has 0 fully saturated rings. The summed E-state index contributed by atoms with van der Waals surface area (Å²) in [5.41, 5.74) is 0.690. The van der Waals surface area contributed by atoms with Crippen LogP contribution >= 0.6 is 0 Å². The van der Waals surface area contributed by atoms with Gasteiger partial charge in [-0.15, -0.1) is 0 Å². The minimum absolute atomic E-state index is 0.125. The van der Waals surface area contributed by atoms with E-state index in [9.17, 15) is 18.0 Å². The molecular weight excluding hydrogens is 310 g/mol. The van der Waals surface area contributed by atoms with Crippen LogP contribution in [0.4, 0.5) is 0 Å². The Bertz CT molecular complexity index is 681. The van der Waals surface area contributed by atoms with Crippen molar-refractivity contribution in [3.8, 4) is 0 Å². The zero-order chi connectivity index (χ0) is 17.1. The highest BCUT2D eigenvalue weighted by molar-refractivity contribution is 7.89. The molecule has 0 aromatic heterocycles. The smallest absolute Gasteiger partial charge is 0.338 e. The number of nitrogens with one attached hydrogen (secondary N) is 1. The maximum atomic E-state index is 12.1. The van der Waals surface area contributed by atoms with Crippen LogP contribution in [0.2, 0.25) is 0 Å². The summed E-state index contributed by atoms with van der Waals surface area (Å²) in [4.78, 5) is 22.5. The van der Waals surface area contributed by atoms with E-state index in [2.05, 4.69) is 0 Å². The van der Waals surface area contributed by atoms with E-state index in [-0.39, 0.29) is 16.6 Å². The number of carbonyl (C=O) groups excluding carboxylic acids is 1. The molecule has 0 aliphatic carbocycles. The lowest BCUT2D eigenvalue weighted by molar-refractivity contribution is -0.138. The molecule has 1 aromatic carbocycles. The number of esters is 1. The highest BCUT2D eigenvalue weighted by atomic mass is 32.2. The minimum atomic E-state index is -4.04. The first-order valence-electron chi connectivity index (χ1n) is 6.61. The summed E-state index contributed by atoms with van der Waals surface area (Å²) in [5, 5.41) is 8.78. The largest absolute Gasteiger partial charge is 0.480 e. The minimum Gasteiger partial charge on any atom is -0.480 e. The molecule has 1 aromatic rings. The van der Waals surface area contributed by atoms with Crippen LogP contribution in [0.15, 0.2) is 23.1 Å². The molecule has 122 valence electrons. The van der Waals surface area contributed by atoms with Crippen molar-refractivity contribution in [1.29, 1.82) is 0 Å². The molecule has 0 aliphatic rings. The number of aliphatic carboxylic acids is 1. The van der Waals surface area contributed by atoms with E-state index in [0.29, 0.717) is 5.56 Å². The van der Waals surface area contributed by atoms with Crippen molar-refractivity contribution in [2.45, 2.75) is 44.7 Å². The second-order valence-corrected chi connectivity index (χ2v) is 6.83. The lowest BCUT2D eigenvalue weighted by atomic mass is 10.1. The number of hydrogen-bond acceptors (Lipinski definition) is 5. The van der Waals surface area contributed by atoms with Crippen molar-refractivity contribution in [1.82, 2.24) is 4.72 Å². The Kier molecular flexibility index (Phi) is 5.67. The average Bonchev–Trinajstić information content (AvgIpc) is 2.37.